The molecule has 5 nitrogen and oxygen atoms in total. The maximum Gasteiger partial charge on any atom is 0.277 e. The van der Waals surface area contributed by atoms with Crippen molar-refractivity contribution in [3.05, 3.63) is 15.1 Å². The number of nitrogens with two attached hydrogens (primary N) is 2. The zero-order valence-electron chi connectivity index (χ0n) is 8.20. The molecule has 78 valence electrons. The van der Waals surface area contributed by atoms with E-state index < -0.39 is 5.56 Å². The normalized spacial score (nSPS) is 10.8. The first-order valence-electron chi connectivity index (χ1n) is 4.31. The van der Waals surface area contributed by atoms with Gasteiger partial charge in [0, 0.05) is 6.54 Å². The van der Waals surface area contributed by atoms with Gasteiger partial charge in [-0.2, -0.15) is 0 Å². The van der Waals surface area contributed by atoms with Crippen molar-refractivity contribution in [1.82, 2.24) is 9.55 Å². The SMILES string of the molecule is CC(C)Cn1c(N)c(N)c(=O)[nH]c1=S. The molecule has 0 atom stereocenters. The van der Waals surface area contributed by atoms with Crippen molar-refractivity contribution in [2.24, 2.45) is 5.92 Å². The van der Waals surface area contributed by atoms with Crippen LogP contribution in [0.25, 0.3) is 0 Å². The molecule has 1 aromatic rings. The Labute approximate surface area is 86.7 Å². The number of hydrogen-bond donors (Lipinski definition) is 3. The van der Waals surface area contributed by atoms with E-state index in [4.69, 9.17) is 23.7 Å². The molecule has 0 spiro atoms. The van der Waals surface area contributed by atoms with Gasteiger partial charge in [-0.25, -0.2) is 0 Å². The standard InChI is InChI=1S/C8H14N4OS/c1-4(2)3-12-6(10)5(9)7(13)11-8(12)14/h4H,3,9-10H2,1-2H3,(H,11,13,14). The molecule has 0 saturated carbocycles. The maximum atomic E-state index is 11.2. The molecule has 0 radical (unpaired) electrons. The summed E-state index contributed by atoms with van der Waals surface area (Å²) < 4.78 is 1.95. The lowest BCUT2D eigenvalue weighted by molar-refractivity contribution is 0.516. The summed E-state index contributed by atoms with van der Waals surface area (Å²) in [5.41, 5.74) is 10.8. The summed E-state index contributed by atoms with van der Waals surface area (Å²) in [6, 6.07) is 0. The third-order valence-electron chi connectivity index (χ3n) is 1.82. The van der Waals surface area contributed by atoms with Crippen molar-refractivity contribution in [2.45, 2.75) is 20.4 Å². The quantitative estimate of drug-likeness (QED) is 0.633. The van der Waals surface area contributed by atoms with Crippen LogP contribution in [0.5, 0.6) is 0 Å². The van der Waals surface area contributed by atoms with E-state index in [2.05, 4.69) is 4.98 Å². The van der Waals surface area contributed by atoms with Crippen molar-refractivity contribution in [2.75, 3.05) is 11.5 Å². The van der Waals surface area contributed by atoms with Crippen molar-refractivity contribution < 1.29 is 0 Å². The van der Waals surface area contributed by atoms with Gasteiger partial charge < -0.3 is 16.0 Å². The molecular weight excluding hydrogens is 200 g/mol. The average molecular weight is 214 g/mol. The largest absolute Gasteiger partial charge is 0.391 e. The minimum Gasteiger partial charge on any atom is -0.391 e. The predicted octanol–water partition coefficient (Wildman–Crippen LogP) is 0.726. The lowest BCUT2D eigenvalue weighted by atomic mass is 10.2. The number of nitrogens with zero attached hydrogens (tertiary/aromatic N) is 1. The Kier molecular flexibility index (Phi) is 2.95. The van der Waals surface area contributed by atoms with E-state index in [0.29, 0.717) is 17.2 Å². The smallest absolute Gasteiger partial charge is 0.277 e. The van der Waals surface area contributed by atoms with Crippen LogP contribution in [-0.2, 0) is 6.54 Å². The fourth-order valence-corrected chi connectivity index (χ4v) is 1.42. The molecular formula is C8H14N4OS. The Balaban J connectivity index is 3.37. The van der Waals surface area contributed by atoms with E-state index in [9.17, 15) is 4.79 Å². The van der Waals surface area contributed by atoms with E-state index in [1.807, 2.05) is 13.8 Å². The summed E-state index contributed by atoms with van der Waals surface area (Å²) >= 11 is 4.98. The van der Waals surface area contributed by atoms with Gasteiger partial charge in [0.25, 0.3) is 5.56 Å². The molecule has 0 aliphatic carbocycles. The van der Waals surface area contributed by atoms with Crippen molar-refractivity contribution in [3.8, 4) is 0 Å². The highest BCUT2D eigenvalue weighted by Crippen LogP contribution is 2.11. The second-order valence-electron chi connectivity index (χ2n) is 3.56. The minimum absolute atomic E-state index is 0.0271. The minimum atomic E-state index is -0.424. The molecule has 0 saturated heterocycles. The van der Waals surface area contributed by atoms with Crippen molar-refractivity contribution in [1.29, 1.82) is 0 Å². The van der Waals surface area contributed by atoms with Crippen LogP contribution in [0.2, 0.25) is 0 Å². The van der Waals surface area contributed by atoms with Crippen molar-refractivity contribution in [3.63, 3.8) is 0 Å². The summed E-state index contributed by atoms with van der Waals surface area (Å²) in [4.78, 5) is 13.6. The lowest BCUT2D eigenvalue weighted by Gasteiger charge is -2.13. The van der Waals surface area contributed by atoms with E-state index >= 15 is 0 Å². The Morgan fingerprint density at radius 2 is 2.07 bits per heavy atom. The molecule has 5 N–H and O–H groups in total. The molecule has 0 aliphatic heterocycles. The first-order valence-corrected chi connectivity index (χ1v) is 4.72. The van der Waals surface area contributed by atoms with Gasteiger partial charge in [0.05, 0.1) is 0 Å². The zero-order chi connectivity index (χ0) is 10.9. The van der Waals surface area contributed by atoms with E-state index in [0.717, 1.165) is 0 Å². The number of nitrogens with one attached hydrogen (secondary N) is 1. The second-order valence-corrected chi connectivity index (χ2v) is 3.95. The van der Waals surface area contributed by atoms with Crippen LogP contribution in [0.1, 0.15) is 13.8 Å². The van der Waals surface area contributed by atoms with Gasteiger partial charge in [-0.1, -0.05) is 13.8 Å². The molecule has 0 bridgehead atoms. The summed E-state index contributed by atoms with van der Waals surface area (Å²) in [6.45, 7) is 4.71. The van der Waals surface area contributed by atoms with Gasteiger partial charge in [0.2, 0.25) is 0 Å². The first-order chi connectivity index (χ1) is 6.43. The molecule has 1 rings (SSSR count). The monoisotopic (exact) mass is 214 g/mol. The number of anilines is 2. The molecule has 1 heterocycles. The number of hydrogen-bond acceptors (Lipinski definition) is 4. The third kappa shape index (κ3) is 1.95. The Morgan fingerprint density at radius 3 is 2.57 bits per heavy atom. The van der Waals surface area contributed by atoms with Crippen LogP contribution in [0.15, 0.2) is 4.79 Å². The highest BCUT2D eigenvalue weighted by atomic mass is 32.1. The number of H-pyrrole nitrogens is 1. The van der Waals surface area contributed by atoms with Crippen molar-refractivity contribution >= 4 is 23.7 Å². The molecule has 14 heavy (non-hydrogen) atoms. The van der Waals surface area contributed by atoms with Crippen LogP contribution < -0.4 is 17.0 Å². The zero-order valence-corrected chi connectivity index (χ0v) is 9.02. The summed E-state index contributed by atoms with van der Waals surface area (Å²) in [7, 11) is 0. The summed E-state index contributed by atoms with van der Waals surface area (Å²) in [6.07, 6.45) is 0. The fraction of sp³-hybridized carbons (Fsp3) is 0.500. The second kappa shape index (κ2) is 3.83. The molecule has 0 aromatic carbocycles. The van der Waals surface area contributed by atoms with Gasteiger partial charge in [0.15, 0.2) is 4.77 Å². The van der Waals surface area contributed by atoms with Gasteiger partial charge in [-0.3, -0.25) is 9.78 Å². The summed E-state index contributed by atoms with van der Waals surface area (Å²) in [5, 5.41) is 0. The Hall–Kier alpha value is -1.30. The number of rotatable bonds is 2. The molecule has 0 amide bonds. The first kappa shape index (κ1) is 10.8. The number of aromatic nitrogens is 2. The predicted molar refractivity (Wildman–Crippen MR) is 59.5 cm³/mol. The van der Waals surface area contributed by atoms with Crippen LogP contribution in [0.4, 0.5) is 11.5 Å². The highest BCUT2D eigenvalue weighted by Gasteiger charge is 2.07. The maximum absolute atomic E-state index is 11.2. The van der Waals surface area contributed by atoms with Crippen LogP contribution >= 0.6 is 12.2 Å². The van der Waals surface area contributed by atoms with E-state index in [1.165, 1.54) is 0 Å². The van der Waals surface area contributed by atoms with Gasteiger partial charge in [0.1, 0.15) is 11.5 Å². The highest BCUT2D eigenvalue weighted by molar-refractivity contribution is 7.71. The number of nitrogen functional groups attached to an aromatic ring is 2. The summed E-state index contributed by atoms with van der Waals surface area (Å²) in [5.74, 6) is 0.627. The molecule has 0 unspecified atom stereocenters. The lowest BCUT2D eigenvalue weighted by Crippen LogP contribution is -2.22. The molecule has 1 aromatic heterocycles. The molecule has 0 aliphatic rings. The van der Waals surface area contributed by atoms with Gasteiger partial charge in [-0.05, 0) is 18.1 Å². The molecule has 6 heteroatoms. The van der Waals surface area contributed by atoms with E-state index in [-0.39, 0.29) is 11.5 Å². The fourth-order valence-electron chi connectivity index (χ4n) is 1.15. The topological polar surface area (TPSA) is 89.8 Å². The van der Waals surface area contributed by atoms with Gasteiger partial charge >= 0.3 is 0 Å². The Bertz CT molecular complexity index is 446. The third-order valence-corrected chi connectivity index (χ3v) is 2.15. The van der Waals surface area contributed by atoms with Crippen LogP contribution in [0, 0.1) is 10.7 Å². The van der Waals surface area contributed by atoms with Crippen LogP contribution in [0.3, 0.4) is 0 Å². The average Bonchev–Trinajstić information content (AvgIpc) is 2.09. The van der Waals surface area contributed by atoms with Gasteiger partial charge in [-0.15, -0.1) is 0 Å². The van der Waals surface area contributed by atoms with E-state index in [1.54, 1.807) is 4.57 Å². The number of aromatic amines is 1. The van der Waals surface area contributed by atoms with Crippen LogP contribution in [-0.4, -0.2) is 9.55 Å². The Morgan fingerprint density at radius 1 is 1.50 bits per heavy atom. The molecule has 0 fully saturated rings.